The van der Waals surface area contributed by atoms with Gasteiger partial charge in [-0.25, -0.2) is 0 Å². The van der Waals surface area contributed by atoms with Crippen LogP contribution in [0.2, 0.25) is 0 Å². The Morgan fingerprint density at radius 2 is 0.833 bits per heavy atom. The van der Waals surface area contributed by atoms with Crippen LogP contribution in [0.4, 0.5) is 17.1 Å². The van der Waals surface area contributed by atoms with E-state index in [0.717, 1.165) is 55.5 Å². The van der Waals surface area contributed by atoms with E-state index >= 15 is 0 Å². The summed E-state index contributed by atoms with van der Waals surface area (Å²) in [6, 6.07) is 81.3. The van der Waals surface area contributed by atoms with E-state index < -0.39 is 0 Å². The predicted octanol–water partition coefficient (Wildman–Crippen LogP) is 16.7. The molecule has 12 aromatic rings. The first-order chi connectivity index (χ1) is 29.8. The maximum atomic E-state index is 6.74. The standard InChI is InChI=1S/C58H37NO/c1-3-18-40(19-4-1)55-49-28-12-11-27-47(49)48-34-33-43(37-51(48)56(55)41-20-5-2-6-21-41)42-23-13-24-44(36-42)59(52-29-14-22-38-16-7-9-25-45(38)52)53-30-15-31-54-57(53)50-35-32-39-17-8-10-26-46(39)58(50)60-54/h1-37H. The van der Waals surface area contributed by atoms with Crippen molar-refractivity contribution in [2.24, 2.45) is 0 Å². The van der Waals surface area contributed by atoms with E-state index in [9.17, 15) is 0 Å². The summed E-state index contributed by atoms with van der Waals surface area (Å²) in [5, 5.41) is 11.8. The molecule has 0 amide bonds. The summed E-state index contributed by atoms with van der Waals surface area (Å²) < 4.78 is 6.74. The molecule has 0 fully saturated rings. The molecular weight excluding hydrogens is 727 g/mol. The van der Waals surface area contributed by atoms with Crippen LogP contribution in [0.5, 0.6) is 0 Å². The fraction of sp³-hybridized carbons (Fsp3) is 0. The Balaban J connectivity index is 1.11. The summed E-state index contributed by atoms with van der Waals surface area (Å²) in [4.78, 5) is 2.43. The van der Waals surface area contributed by atoms with Crippen LogP contribution < -0.4 is 4.90 Å². The van der Waals surface area contributed by atoms with Crippen LogP contribution in [0.3, 0.4) is 0 Å². The molecule has 0 saturated heterocycles. The first-order valence-electron chi connectivity index (χ1n) is 20.6. The van der Waals surface area contributed by atoms with Crippen LogP contribution in [0, 0.1) is 0 Å². The summed E-state index contributed by atoms with van der Waals surface area (Å²) in [7, 11) is 0. The van der Waals surface area contributed by atoms with Crippen LogP contribution in [-0.2, 0) is 0 Å². The van der Waals surface area contributed by atoms with Crippen LogP contribution >= 0.6 is 0 Å². The number of furan rings is 1. The molecule has 2 heteroatoms. The van der Waals surface area contributed by atoms with Gasteiger partial charge in [-0.3, -0.25) is 0 Å². The summed E-state index contributed by atoms with van der Waals surface area (Å²) in [5.74, 6) is 0. The number of hydrogen-bond acceptors (Lipinski definition) is 2. The third-order valence-electron chi connectivity index (χ3n) is 12.2. The van der Waals surface area contributed by atoms with Crippen LogP contribution in [-0.4, -0.2) is 0 Å². The average molecular weight is 764 g/mol. The molecule has 0 unspecified atom stereocenters. The zero-order valence-corrected chi connectivity index (χ0v) is 32.7. The van der Waals surface area contributed by atoms with Crippen molar-refractivity contribution in [3.8, 4) is 33.4 Å². The largest absolute Gasteiger partial charge is 0.455 e. The first-order valence-corrected chi connectivity index (χ1v) is 20.6. The van der Waals surface area contributed by atoms with Gasteiger partial charge in [-0.15, -0.1) is 0 Å². The van der Waals surface area contributed by atoms with Crippen LogP contribution in [0.1, 0.15) is 0 Å². The smallest absolute Gasteiger partial charge is 0.143 e. The molecule has 0 aliphatic carbocycles. The number of anilines is 3. The minimum absolute atomic E-state index is 0.865. The van der Waals surface area contributed by atoms with E-state index in [4.69, 9.17) is 4.42 Å². The lowest BCUT2D eigenvalue weighted by atomic mass is 9.84. The molecule has 0 aliphatic rings. The lowest BCUT2D eigenvalue weighted by Crippen LogP contribution is -2.11. The minimum Gasteiger partial charge on any atom is -0.455 e. The normalized spacial score (nSPS) is 11.7. The Bertz CT molecular complexity index is 3600. The fourth-order valence-electron chi connectivity index (χ4n) is 9.54. The average Bonchev–Trinajstić information content (AvgIpc) is 3.72. The Morgan fingerprint density at radius 3 is 1.62 bits per heavy atom. The second kappa shape index (κ2) is 13.9. The quantitative estimate of drug-likeness (QED) is 0.157. The van der Waals surface area contributed by atoms with Gasteiger partial charge in [0.2, 0.25) is 0 Å². The third-order valence-corrected chi connectivity index (χ3v) is 12.2. The molecule has 0 saturated carbocycles. The van der Waals surface area contributed by atoms with E-state index in [1.54, 1.807) is 0 Å². The van der Waals surface area contributed by atoms with Gasteiger partial charge in [-0.05, 0) is 108 Å². The molecule has 0 bridgehead atoms. The van der Waals surface area contributed by atoms with Crippen molar-refractivity contribution in [3.05, 3.63) is 224 Å². The Kier molecular flexibility index (Phi) is 7.89. The number of benzene rings is 11. The van der Waals surface area contributed by atoms with Crippen LogP contribution in [0.25, 0.3) is 98.4 Å². The summed E-state index contributed by atoms with van der Waals surface area (Å²) in [5.41, 5.74) is 12.2. The van der Waals surface area contributed by atoms with Crippen molar-refractivity contribution in [2.75, 3.05) is 4.90 Å². The van der Waals surface area contributed by atoms with Gasteiger partial charge in [0, 0.05) is 21.8 Å². The lowest BCUT2D eigenvalue weighted by Gasteiger charge is -2.28. The number of fused-ring (bicyclic) bond motifs is 9. The molecule has 1 heterocycles. The van der Waals surface area contributed by atoms with E-state index in [0.29, 0.717) is 0 Å². The second-order valence-corrected chi connectivity index (χ2v) is 15.6. The van der Waals surface area contributed by atoms with Gasteiger partial charge in [-0.2, -0.15) is 0 Å². The Labute approximate surface area is 347 Å². The van der Waals surface area contributed by atoms with Gasteiger partial charge in [0.15, 0.2) is 0 Å². The monoisotopic (exact) mass is 763 g/mol. The fourth-order valence-corrected chi connectivity index (χ4v) is 9.54. The maximum Gasteiger partial charge on any atom is 0.143 e. The second-order valence-electron chi connectivity index (χ2n) is 15.6. The van der Waals surface area contributed by atoms with Crippen molar-refractivity contribution < 1.29 is 4.42 Å². The highest BCUT2D eigenvalue weighted by molar-refractivity contribution is 6.23. The predicted molar refractivity (Wildman–Crippen MR) is 255 cm³/mol. The third kappa shape index (κ3) is 5.42. The van der Waals surface area contributed by atoms with Crippen molar-refractivity contribution in [1.82, 2.24) is 0 Å². The van der Waals surface area contributed by atoms with E-state index in [-0.39, 0.29) is 0 Å². The van der Waals surface area contributed by atoms with E-state index in [1.165, 1.54) is 60.0 Å². The highest BCUT2D eigenvalue weighted by Crippen LogP contribution is 2.48. The van der Waals surface area contributed by atoms with E-state index in [1.807, 2.05) is 0 Å². The minimum atomic E-state index is 0.865. The van der Waals surface area contributed by atoms with Gasteiger partial charge in [-0.1, -0.05) is 182 Å². The molecule has 1 aromatic heterocycles. The van der Waals surface area contributed by atoms with Crippen molar-refractivity contribution in [2.45, 2.75) is 0 Å². The molecule has 2 nitrogen and oxygen atoms in total. The molecule has 0 atom stereocenters. The van der Waals surface area contributed by atoms with E-state index in [2.05, 4.69) is 229 Å². The number of hydrogen-bond donors (Lipinski definition) is 0. The van der Waals surface area contributed by atoms with Crippen LogP contribution in [0.15, 0.2) is 229 Å². The zero-order valence-electron chi connectivity index (χ0n) is 32.7. The van der Waals surface area contributed by atoms with Gasteiger partial charge in [0.25, 0.3) is 0 Å². The first kappa shape index (κ1) is 34.1. The topological polar surface area (TPSA) is 16.4 Å². The number of rotatable bonds is 6. The summed E-state index contributed by atoms with van der Waals surface area (Å²) in [6.45, 7) is 0. The summed E-state index contributed by atoms with van der Waals surface area (Å²) >= 11 is 0. The molecular formula is C58H37NO. The molecule has 11 aromatic carbocycles. The SMILES string of the molecule is c1ccc(-c2c(-c3ccccc3)c3cc(-c4cccc(N(c5cccc6ccccc56)c5cccc6oc7c8ccccc8ccc7c56)c4)ccc3c3ccccc23)cc1. The lowest BCUT2D eigenvalue weighted by molar-refractivity contribution is 0.672. The highest BCUT2D eigenvalue weighted by Gasteiger charge is 2.23. The van der Waals surface area contributed by atoms with Gasteiger partial charge < -0.3 is 9.32 Å². The van der Waals surface area contributed by atoms with Gasteiger partial charge in [0.1, 0.15) is 11.2 Å². The number of nitrogens with zero attached hydrogens (tertiary/aromatic N) is 1. The molecule has 0 N–H and O–H groups in total. The molecule has 280 valence electrons. The molecule has 0 spiro atoms. The van der Waals surface area contributed by atoms with Crippen molar-refractivity contribution in [1.29, 1.82) is 0 Å². The zero-order chi connectivity index (χ0) is 39.6. The molecule has 12 rings (SSSR count). The maximum absolute atomic E-state index is 6.74. The van der Waals surface area contributed by atoms with Crippen molar-refractivity contribution in [3.63, 3.8) is 0 Å². The molecule has 60 heavy (non-hydrogen) atoms. The molecule has 0 aliphatic heterocycles. The van der Waals surface area contributed by atoms with Gasteiger partial charge in [0.05, 0.1) is 16.8 Å². The Morgan fingerprint density at radius 1 is 0.300 bits per heavy atom. The summed E-state index contributed by atoms with van der Waals surface area (Å²) in [6.07, 6.45) is 0. The Hall–Kier alpha value is -7.94. The van der Waals surface area contributed by atoms with Crippen molar-refractivity contribution >= 4 is 82.1 Å². The highest BCUT2D eigenvalue weighted by atomic mass is 16.3. The molecule has 0 radical (unpaired) electrons. The van der Waals surface area contributed by atoms with Gasteiger partial charge >= 0.3 is 0 Å².